The first kappa shape index (κ1) is 13.1. The van der Waals surface area contributed by atoms with Crippen LogP contribution in [0.2, 0.25) is 5.02 Å². The monoisotopic (exact) mass is 256 g/mol. The number of azide groups is 1. The lowest BCUT2D eigenvalue weighted by Crippen LogP contribution is -1.99. The Morgan fingerprint density at radius 3 is 2.94 bits per heavy atom. The number of rotatable bonds is 6. The topological polar surface area (TPSA) is 101 Å². The summed E-state index contributed by atoms with van der Waals surface area (Å²) in [4.78, 5) is 12.5. The molecule has 90 valence electrons. The highest BCUT2D eigenvalue weighted by Crippen LogP contribution is 2.28. The number of hydrogen-bond acceptors (Lipinski definition) is 4. The van der Waals surface area contributed by atoms with Gasteiger partial charge in [-0.3, -0.25) is 10.1 Å². The fourth-order valence-corrected chi connectivity index (χ4v) is 1.31. The van der Waals surface area contributed by atoms with Gasteiger partial charge in [0.25, 0.3) is 5.69 Å². The molecular weight excluding hydrogens is 248 g/mol. The van der Waals surface area contributed by atoms with Gasteiger partial charge in [-0.2, -0.15) is 0 Å². The normalized spacial score (nSPS) is 9.47. The number of non-ortho nitro benzene ring substituents is 1. The van der Waals surface area contributed by atoms with E-state index in [-0.39, 0.29) is 10.7 Å². The van der Waals surface area contributed by atoms with E-state index in [0.29, 0.717) is 25.3 Å². The average molecular weight is 257 g/mol. The Bertz CT molecular complexity index is 460. The fraction of sp³-hybridized carbons (Fsp3) is 0.333. The van der Waals surface area contributed by atoms with Gasteiger partial charge in [0, 0.05) is 23.6 Å². The molecule has 1 aromatic carbocycles. The Labute approximate surface area is 102 Å². The molecule has 0 bridgehead atoms. The van der Waals surface area contributed by atoms with E-state index in [2.05, 4.69) is 10.0 Å². The van der Waals surface area contributed by atoms with E-state index in [9.17, 15) is 10.1 Å². The largest absolute Gasteiger partial charge is 0.492 e. The lowest BCUT2D eigenvalue weighted by atomic mass is 10.3. The molecule has 0 atom stereocenters. The van der Waals surface area contributed by atoms with Crippen LogP contribution in [-0.2, 0) is 0 Å². The van der Waals surface area contributed by atoms with Gasteiger partial charge >= 0.3 is 0 Å². The third-order valence-corrected chi connectivity index (χ3v) is 2.14. The minimum atomic E-state index is -0.530. The van der Waals surface area contributed by atoms with Crippen molar-refractivity contribution in [3.05, 3.63) is 43.8 Å². The van der Waals surface area contributed by atoms with Crippen LogP contribution >= 0.6 is 11.6 Å². The van der Waals surface area contributed by atoms with Crippen LogP contribution in [0.4, 0.5) is 5.69 Å². The average Bonchev–Trinajstić information content (AvgIpc) is 2.30. The number of ether oxygens (including phenoxy) is 1. The molecule has 0 aliphatic heterocycles. The molecule has 0 aliphatic carbocycles. The summed E-state index contributed by atoms with van der Waals surface area (Å²) in [5, 5.41) is 14.0. The van der Waals surface area contributed by atoms with Crippen molar-refractivity contribution in [1.29, 1.82) is 0 Å². The number of nitrogens with zero attached hydrogens (tertiary/aromatic N) is 4. The van der Waals surface area contributed by atoms with E-state index in [1.54, 1.807) is 0 Å². The number of benzene rings is 1. The Morgan fingerprint density at radius 1 is 1.59 bits per heavy atom. The molecule has 7 nitrogen and oxygen atoms in total. The molecule has 0 unspecified atom stereocenters. The van der Waals surface area contributed by atoms with E-state index in [4.69, 9.17) is 21.9 Å². The number of hydrogen-bond donors (Lipinski definition) is 0. The maximum absolute atomic E-state index is 10.5. The van der Waals surface area contributed by atoms with E-state index < -0.39 is 4.92 Å². The molecule has 0 amide bonds. The molecule has 0 spiro atoms. The van der Waals surface area contributed by atoms with Crippen molar-refractivity contribution < 1.29 is 9.66 Å². The minimum Gasteiger partial charge on any atom is -0.492 e. The molecule has 0 fully saturated rings. The quantitative estimate of drug-likeness (QED) is 0.195. The van der Waals surface area contributed by atoms with Crippen LogP contribution in [0.25, 0.3) is 10.4 Å². The second-order valence-electron chi connectivity index (χ2n) is 3.03. The fourth-order valence-electron chi connectivity index (χ4n) is 1.08. The molecule has 8 heteroatoms. The van der Waals surface area contributed by atoms with Crippen molar-refractivity contribution >= 4 is 17.3 Å². The zero-order valence-electron chi connectivity index (χ0n) is 8.74. The van der Waals surface area contributed by atoms with Crippen molar-refractivity contribution in [1.82, 2.24) is 0 Å². The second-order valence-corrected chi connectivity index (χ2v) is 3.44. The minimum absolute atomic E-state index is 0.0866. The van der Waals surface area contributed by atoms with Gasteiger partial charge in [-0.15, -0.1) is 0 Å². The lowest BCUT2D eigenvalue weighted by molar-refractivity contribution is -0.384. The predicted molar refractivity (Wildman–Crippen MR) is 62.2 cm³/mol. The smallest absolute Gasteiger partial charge is 0.271 e. The Morgan fingerprint density at radius 2 is 2.35 bits per heavy atom. The first-order valence-electron chi connectivity index (χ1n) is 4.72. The highest BCUT2D eigenvalue weighted by Gasteiger charge is 2.09. The van der Waals surface area contributed by atoms with Crippen molar-refractivity contribution in [2.75, 3.05) is 13.2 Å². The SMILES string of the molecule is [N-]=[N+]=NCCCOc1ccc([N+](=O)[O-])cc1Cl. The van der Waals surface area contributed by atoms with Gasteiger partial charge in [0.05, 0.1) is 16.6 Å². The number of nitro benzene ring substituents is 1. The molecule has 0 saturated heterocycles. The van der Waals surface area contributed by atoms with Crippen LogP contribution < -0.4 is 4.74 Å². The summed E-state index contributed by atoms with van der Waals surface area (Å²) in [6.45, 7) is 0.664. The molecular formula is C9H9ClN4O3. The summed E-state index contributed by atoms with van der Waals surface area (Å²) in [7, 11) is 0. The molecule has 0 N–H and O–H groups in total. The van der Waals surface area contributed by atoms with Crippen molar-refractivity contribution in [3.8, 4) is 5.75 Å². The van der Waals surface area contributed by atoms with Gasteiger partial charge in [0.2, 0.25) is 0 Å². The molecule has 1 rings (SSSR count). The van der Waals surface area contributed by atoms with Crippen molar-refractivity contribution in [2.45, 2.75) is 6.42 Å². The van der Waals surface area contributed by atoms with Crippen LogP contribution in [0.1, 0.15) is 6.42 Å². The number of halogens is 1. The standard InChI is InChI=1S/C9H9ClN4O3/c10-8-6-7(14(15)16)2-3-9(8)17-5-1-4-12-13-11/h2-3,6H,1,4-5H2. The molecule has 0 saturated carbocycles. The van der Waals surface area contributed by atoms with Gasteiger partial charge in [-0.25, -0.2) is 0 Å². The van der Waals surface area contributed by atoms with Gasteiger partial charge in [0.15, 0.2) is 0 Å². The van der Waals surface area contributed by atoms with E-state index in [1.807, 2.05) is 0 Å². The Hall–Kier alpha value is -1.98. The summed E-state index contributed by atoms with van der Waals surface area (Å²) >= 11 is 5.80. The zero-order chi connectivity index (χ0) is 12.7. The molecule has 0 heterocycles. The maximum Gasteiger partial charge on any atom is 0.271 e. The van der Waals surface area contributed by atoms with Crippen LogP contribution in [0, 0.1) is 10.1 Å². The van der Waals surface area contributed by atoms with Crippen LogP contribution in [0.5, 0.6) is 5.75 Å². The van der Waals surface area contributed by atoms with Crippen molar-refractivity contribution in [3.63, 3.8) is 0 Å². The summed E-state index contributed by atoms with van der Waals surface area (Å²) in [6.07, 6.45) is 0.553. The van der Waals surface area contributed by atoms with Gasteiger partial charge in [0.1, 0.15) is 5.75 Å². The number of nitro groups is 1. The van der Waals surface area contributed by atoms with E-state index in [0.717, 1.165) is 0 Å². The zero-order valence-corrected chi connectivity index (χ0v) is 9.50. The molecule has 0 aromatic heterocycles. The highest BCUT2D eigenvalue weighted by molar-refractivity contribution is 6.32. The predicted octanol–water partition coefficient (Wildman–Crippen LogP) is 3.33. The summed E-state index contributed by atoms with van der Waals surface area (Å²) in [6, 6.07) is 3.98. The third-order valence-electron chi connectivity index (χ3n) is 1.85. The van der Waals surface area contributed by atoms with Crippen molar-refractivity contribution in [2.24, 2.45) is 5.11 Å². The van der Waals surface area contributed by atoms with Gasteiger partial charge in [-0.05, 0) is 18.0 Å². The van der Waals surface area contributed by atoms with Crippen LogP contribution in [0.15, 0.2) is 23.3 Å². The maximum atomic E-state index is 10.5. The lowest BCUT2D eigenvalue weighted by Gasteiger charge is -2.06. The highest BCUT2D eigenvalue weighted by atomic mass is 35.5. The molecule has 1 aromatic rings. The Balaban J connectivity index is 2.54. The van der Waals surface area contributed by atoms with Gasteiger partial charge < -0.3 is 4.74 Å². The first-order valence-corrected chi connectivity index (χ1v) is 5.10. The first-order chi connectivity index (χ1) is 8.15. The molecule has 0 aliphatic rings. The van der Waals surface area contributed by atoms with E-state index in [1.165, 1.54) is 18.2 Å². The summed E-state index contributed by atoms with van der Waals surface area (Å²) in [5.41, 5.74) is 7.96. The van der Waals surface area contributed by atoms with Gasteiger partial charge in [-0.1, -0.05) is 16.7 Å². The van der Waals surface area contributed by atoms with Crippen LogP contribution in [0.3, 0.4) is 0 Å². The summed E-state index contributed by atoms with van der Waals surface area (Å²) in [5.74, 6) is 0.373. The van der Waals surface area contributed by atoms with Crippen LogP contribution in [-0.4, -0.2) is 18.1 Å². The van der Waals surface area contributed by atoms with E-state index >= 15 is 0 Å². The summed E-state index contributed by atoms with van der Waals surface area (Å²) < 4.78 is 5.28. The molecule has 0 radical (unpaired) electrons. The Kier molecular flexibility index (Phi) is 5.06. The second kappa shape index (κ2) is 6.57. The molecule has 17 heavy (non-hydrogen) atoms. The third kappa shape index (κ3) is 4.18.